The Morgan fingerprint density at radius 1 is 0.917 bits per heavy atom. The lowest BCUT2D eigenvalue weighted by Crippen LogP contribution is -2.23. The molecule has 2 aromatic rings. The number of hydrogen-bond acceptors (Lipinski definition) is 3. The van der Waals surface area contributed by atoms with Gasteiger partial charge in [0.1, 0.15) is 0 Å². The fourth-order valence-electron chi connectivity index (χ4n) is 2.50. The standard InChI is InChI=1S/C20H25NO3/c1-14-5-6-16(11-15(14)2)8-10-20(22)21-13-17-7-9-18(23-3)19(12-17)24-4/h5-7,9,11-12H,8,10,13H2,1-4H3,(H,21,22). The number of aryl methyl sites for hydroxylation is 3. The summed E-state index contributed by atoms with van der Waals surface area (Å²) in [6.07, 6.45) is 1.23. The quantitative estimate of drug-likeness (QED) is 0.846. The molecule has 0 aliphatic carbocycles. The van der Waals surface area contributed by atoms with Crippen LogP contribution in [-0.4, -0.2) is 20.1 Å². The number of benzene rings is 2. The van der Waals surface area contributed by atoms with Crippen LogP contribution >= 0.6 is 0 Å². The average molecular weight is 327 g/mol. The zero-order valence-corrected chi connectivity index (χ0v) is 14.8. The lowest BCUT2D eigenvalue weighted by Gasteiger charge is -2.10. The summed E-state index contributed by atoms with van der Waals surface area (Å²) in [6, 6.07) is 12.0. The average Bonchev–Trinajstić information content (AvgIpc) is 2.60. The first-order valence-corrected chi connectivity index (χ1v) is 8.07. The third-order valence-electron chi connectivity index (χ3n) is 4.15. The monoisotopic (exact) mass is 327 g/mol. The van der Waals surface area contributed by atoms with Crippen molar-refractivity contribution >= 4 is 5.91 Å². The molecular formula is C20H25NO3. The minimum Gasteiger partial charge on any atom is -0.493 e. The van der Waals surface area contributed by atoms with Crippen LogP contribution in [0.3, 0.4) is 0 Å². The van der Waals surface area contributed by atoms with Crippen LogP contribution in [-0.2, 0) is 17.8 Å². The predicted octanol–water partition coefficient (Wildman–Crippen LogP) is 3.57. The van der Waals surface area contributed by atoms with Gasteiger partial charge >= 0.3 is 0 Å². The Morgan fingerprint density at radius 3 is 2.29 bits per heavy atom. The first kappa shape index (κ1) is 17.9. The molecule has 128 valence electrons. The lowest BCUT2D eigenvalue weighted by molar-refractivity contribution is -0.121. The highest BCUT2D eigenvalue weighted by atomic mass is 16.5. The maximum atomic E-state index is 12.1. The summed E-state index contributed by atoms with van der Waals surface area (Å²) in [5.41, 5.74) is 4.71. The SMILES string of the molecule is COc1ccc(CNC(=O)CCc2ccc(C)c(C)c2)cc1OC. The van der Waals surface area contributed by atoms with Crippen LogP contribution in [0.15, 0.2) is 36.4 Å². The van der Waals surface area contributed by atoms with Crippen molar-refractivity contribution in [1.82, 2.24) is 5.32 Å². The molecule has 1 amide bonds. The Hall–Kier alpha value is -2.49. The van der Waals surface area contributed by atoms with E-state index >= 15 is 0 Å². The molecule has 0 saturated heterocycles. The second-order valence-electron chi connectivity index (χ2n) is 5.88. The summed E-state index contributed by atoms with van der Waals surface area (Å²) in [4.78, 5) is 12.1. The molecule has 0 aromatic heterocycles. The first-order valence-electron chi connectivity index (χ1n) is 8.07. The second-order valence-corrected chi connectivity index (χ2v) is 5.88. The Balaban J connectivity index is 1.85. The third kappa shape index (κ3) is 4.75. The van der Waals surface area contributed by atoms with E-state index in [2.05, 4.69) is 37.4 Å². The molecule has 0 bridgehead atoms. The first-order chi connectivity index (χ1) is 11.5. The molecule has 0 radical (unpaired) electrons. The number of carbonyl (C=O) groups is 1. The van der Waals surface area contributed by atoms with Crippen molar-refractivity contribution in [2.24, 2.45) is 0 Å². The van der Waals surface area contributed by atoms with Crippen LogP contribution in [0.4, 0.5) is 0 Å². The third-order valence-corrected chi connectivity index (χ3v) is 4.15. The van der Waals surface area contributed by atoms with Crippen molar-refractivity contribution in [2.75, 3.05) is 14.2 Å². The van der Waals surface area contributed by atoms with Gasteiger partial charge in [-0.1, -0.05) is 24.3 Å². The van der Waals surface area contributed by atoms with Crippen LogP contribution in [0.1, 0.15) is 28.7 Å². The van der Waals surface area contributed by atoms with E-state index in [-0.39, 0.29) is 5.91 Å². The molecule has 0 spiro atoms. The zero-order chi connectivity index (χ0) is 17.5. The maximum Gasteiger partial charge on any atom is 0.220 e. The number of rotatable bonds is 7. The molecule has 4 nitrogen and oxygen atoms in total. The van der Waals surface area contributed by atoms with Gasteiger partial charge in [0.15, 0.2) is 11.5 Å². The van der Waals surface area contributed by atoms with Gasteiger partial charge < -0.3 is 14.8 Å². The van der Waals surface area contributed by atoms with Gasteiger partial charge in [-0.3, -0.25) is 4.79 Å². The molecule has 0 heterocycles. The van der Waals surface area contributed by atoms with Crippen LogP contribution in [0, 0.1) is 13.8 Å². The molecule has 2 rings (SSSR count). The van der Waals surface area contributed by atoms with Gasteiger partial charge in [-0.05, 0) is 54.7 Å². The van der Waals surface area contributed by atoms with Crippen molar-refractivity contribution in [3.05, 3.63) is 58.7 Å². The molecule has 2 aromatic carbocycles. The van der Waals surface area contributed by atoms with Crippen LogP contribution in [0.5, 0.6) is 11.5 Å². The highest BCUT2D eigenvalue weighted by molar-refractivity contribution is 5.76. The Labute approximate surface area is 143 Å². The molecule has 0 fully saturated rings. The summed E-state index contributed by atoms with van der Waals surface area (Å²) in [5.74, 6) is 1.39. The van der Waals surface area contributed by atoms with Gasteiger partial charge in [0, 0.05) is 13.0 Å². The van der Waals surface area contributed by atoms with E-state index < -0.39 is 0 Å². The van der Waals surface area contributed by atoms with Crippen molar-refractivity contribution in [3.8, 4) is 11.5 Å². The number of nitrogens with one attached hydrogen (secondary N) is 1. The van der Waals surface area contributed by atoms with E-state index in [0.29, 0.717) is 24.5 Å². The topological polar surface area (TPSA) is 47.6 Å². The highest BCUT2D eigenvalue weighted by Crippen LogP contribution is 2.27. The second kappa shape index (κ2) is 8.39. The van der Waals surface area contributed by atoms with Crippen molar-refractivity contribution in [3.63, 3.8) is 0 Å². The zero-order valence-electron chi connectivity index (χ0n) is 14.8. The van der Waals surface area contributed by atoms with Gasteiger partial charge in [-0.2, -0.15) is 0 Å². The minimum absolute atomic E-state index is 0.0445. The number of hydrogen-bond donors (Lipinski definition) is 1. The smallest absolute Gasteiger partial charge is 0.220 e. The molecule has 0 saturated carbocycles. The maximum absolute atomic E-state index is 12.1. The van der Waals surface area contributed by atoms with E-state index in [4.69, 9.17) is 9.47 Å². The lowest BCUT2D eigenvalue weighted by atomic mass is 10.0. The summed E-state index contributed by atoms with van der Waals surface area (Å²) in [6.45, 7) is 4.66. The molecule has 24 heavy (non-hydrogen) atoms. The number of ether oxygens (including phenoxy) is 2. The van der Waals surface area contributed by atoms with Crippen LogP contribution < -0.4 is 14.8 Å². The van der Waals surface area contributed by atoms with E-state index in [1.165, 1.54) is 16.7 Å². The largest absolute Gasteiger partial charge is 0.493 e. The predicted molar refractivity (Wildman–Crippen MR) is 95.6 cm³/mol. The van der Waals surface area contributed by atoms with Gasteiger partial charge in [0.2, 0.25) is 5.91 Å². The van der Waals surface area contributed by atoms with Gasteiger partial charge in [0.05, 0.1) is 14.2 Å². The molecule has 0 atom stereocenters. The molecule has 0 aliphatic rings. The number of amides is 1. The molecular weight excluding hydrogens is 302 g/mol. The molecule has 1 N–H and O–H groups in total. The van der Waals surface area contributed by atoms with Gasteiger partial charge in [-0.25, -0.2) is 0 Å². The summed E-state index contributed by atoms with van der Waals surface area (Å²) >= 11 is 0. The summed E-state index contributed by atoms with van der Waals surface area (Å²) in [5, 5.41) is 2.95. The highest BCUT2D eigenvalue weighted by Gasteiger charge is 2.07. The summed E-state index contributed by atoms with van der Waals surface area (Å²) in [7, 11) is 3.20. The molecule has 4 heteroatoms. The van der Waals surface area contributed by atoms with Crippen LogP contribution in [0.2, 0.25) is 0 Å². The molecule has 0 unspecified atom stereocenters. The van der Waals surface area contributed by atoms with Crippen molar-refractivity contribution < 1.29 is 14.3 Å². The Kier molecular flexibility index (Phi) is 6.24. The van der Waals surface area contributed by atoms with E-state index in [1.54, 1.807) is 14.2 Å². The van der Waals surface area contributed by atoms with Crippen molar-refractivity contribution in [1.29, 1.82) is 0 Å². The number of methoxy groups -OCH3 is 2. The van der Waals surface area contributed by atoms with E-state index in [1.807, 2.05) is 18.2 Å². The fraction of sp³-hybridized carbons (Fsp3) is 0.350. The number of carbonyl (C=O) groups excluding carboxylic acids is 1. The Bertz CT molecular complexity index is 710. The van der Waals surface area contributed by atoms with Gasteiger partial charge in [0.25, 0.3) is 0 Å². The normalized spacial score (nSPS) is 10.3. The van der Waals surface area contributed by atoms with E-state index in [9.17, 15) is 4.79 Å². The van der Waals surface area contributed by atoms with Gasteiger partial charge in [-0.15, -0.1) is 0 Å². The molecule has 0 aliphatic heterocycles. The summed E-state index contributed by atoms with van der Waals surface area (Å²) < 4.78 is 10.5. The van der Waals surface area contributed by atoms with E-state index in [0.717, 1.165) is 12.0 Å². The Morgan fingerprint density at radius 2 is 1.62 bits per heavy atom. The minimum atomic E-state index is 0.0445. The van der Waals surface area contributed by atoms with Crippen LogP contribution in [0.25, 0.3) is 0 Å². The fourth-order valence-corrected chi connectivity index (χ4v) is 2.50. The van der Waals surface area contributed by atoms with Crippen molar-refractivity contribution in [2.45, 2.75) is 33.2 Å².